The van der Waals surface area contributed by atoms with E-state index >= 15 is 0 Å². The van der Waals surface area contributed by atoms with Gasteiger partial charge >= 0.3 is 0 Å². The first kappa shape index (κ1) is 22.7. The Morgan fingerprint density at radius 2 is 1.97 bits per heavy atom. The summed E-state index contributed by atoms with van der Waals surface area (Å²) in [5.41, 5.74) is 1.91. The largest absolute Gasteiger partial charge is 0.486 e. The lowest BCUT2D eigenvalue weighted by molar-refractivity contribution is -0.113. The molecule has 1 aromatic heterocycles. The smallest absolute Gasteiger partial charge is 0.234 e. The number of rotatable bonds is 9. The fraction of sp³-hybridized carbons (Fsp3) is 0.286. The summed E-state index contributed by atoms with van der Waals surface area (Å²) in [6.45, 7) is 5.13. The highest BCUT2D eigenvalue weighted by Gasteiger charge is 2.14. The molecular formula is C21H22BrClN4O2S. The van der Waals surface area contributed by atoms with Crippen molar-refractivity contribution in [2.45, 2.75) is 38.6 Å². The maximum absolute atomic E-state index is 12.3. The molecule has 0 bridgehead atoms. The van der Waals surface area contributed by atoms with Crippen LogP contribution >= 0.6 is 39.3 Å². The highest BCUT2D eigenvalue weighted by Crippen LogP contribution is 2.26. The van der Waals surface area contributed by atoms with Crippen molar-refractivity contribution in [3.05, 3.63) is 63.3 Å². The molecule has 2 aromatic carbocycles. The van der Waals surface area contributed by atoms with Gasteiger partial charge in [-0.15, -0.1) is 10.2 Å². The van der Waals surface area contributed by atoms with Crippen LogP contribution in [0.3, 0.4) is 0 Å². The molecule has 0 radical (unpaired) electrons. The third-order valence-electron chi connectivity index (χ3n) is 4.34. The monoisotopic (exact) mass is 508 g/mol. The van der Waals surface area contributed by atoms with E-state index in [1.165, 1.54) is 17.3 Å². The van der Waals surface area contributed by atoms with Crippen molar-refractivity contribution in [1.82, 2.24) is 14.8 Å². The highest BCUT2D eigenvalue weighted by molar-refractivity contribution is 9.10. The van der Waals surface area contributed by atoms with Gasteiger partial charge in [0, 0.05) is 16.7 Å². The molecule has 0 saturated carbocycles. The fourth-order valence-electron chi connectivity index (χ4n) is 2.72. The third-order valence-corrected chi connectivity index (χ3v) is 6.54. The van der Waals surface area contributed by atoms with E-state index in [4.69, 9.17) is 16.3 Å². The Morgan fingerprint density at radius 1 is 1.20 bits per heavy atom. The quantitative estimate of drug-likeness (QED) is 0.381. The van der Waals surface area contributed by atoms with Crippen molar-refractivity contribution in [1.29, 1.82) is 0 Å². The lowest BCUT2D eigenvalue weighted by Gasteiger charge is -2.09. The lowest BCUT2D eigenvalue weighted by atomic mass is 10.2. The number of carbonyl (C=O) groups excluding carboxylic acids is 1. The van der Waals surface area contributed by atoms with Gasteiger partial charge in [-0.1, -0.05) is 42.4 Å². The molecule has 1 N–H and O–H groups in total. The van der Waals surface area contributed by atoms with E-state index in [-0.39, 0.29) is 11.7 Å². The van der Waals surface area contributed by atoms with Crippen LogP contribution in [0.1, 0.15) is 25.2 Å². The summed E-state index contributed by atoms with van der Waals surface area (Å²) in [7, 11) is 0. The number of anilines is 1. The van der Waals surface area contributed by atoms with Crippen molar-refractivity contribution in [3.63, 3.8) is 0 Å². The zero-order valence-electron chi connectivity index (χ0n) is 16.7. The molecule has 1 amide bonds. The number of nitrogens with zero attached hydrogens (tertiary/aromatic N) is 3. The molecule has 30 heavy (non-hydrogen) atoms. The Morgan fingerprint density at radius 3 is 2.63 bits per heavy atom. The van der Waals surface area contributed by atoms with Crippen LogP contribution in [0.2, 0.25) is 5.02 Å². The number of hydrogen-bond acceptors (Lipinski definition) is 5. The molecule has 1 heterocycles. The molecule has 0 saturated heterocycles. The van der Waals surface area contributed by atoms with Crippen LogP contribution in [0.15, 0.2) is 52.1 Å². The number of aromatic nitrogens is 3. The van der Waals surface area contributed by atoms with Crippen LogP contribution in [0, 0.1) is 0 Å². The summed E-state index contributed by atoms with van der Waals surface area (Å²) in [5, 5.41) is 12.5. The number of thioether (sulfide) groups is 1. The number of nitrogens with one attached hydrogen (secondary N) is 1. The van der Waals surface area contributed by atoms with E-state index in [0.717, 1.165) is 22.5 Å². The number of ether oxygens (including phenoxy) is 1. The minimum absolute atomic E-state index is 0.141. The van der Waals surface area contributed by atoms with Crippen LogP contribution < -0.4 is 10.1 Å². The topological polar surface area (TPSA) is 69.0 Å². The van der Waals surface area contributed by atoms with Crippen LogP contribution in [-0.2, 0) is 24.4 Å². The Kier molecular flexibility index (Phi) is 8.18. The Balaban J connectivity index is 1.56. The van der Waals surface area contributed by atoms with Gasteiger partial charge in [-0.25, -0.2) is 0 Å². The van der Waals surface area contributed by atoms with E-state index in [1.807, 2.05) is 23.6 Å². The summed E-state index contributed by atoms with van der Waals surface area (Å²) in [4.78, 5) is 12.3. The number of carbonyl (C=O) groups is 1. The first-order chi connectivity index (χ1) is 14.5. The maximum Gasteiger partial charge on any atom is 0.234 e. The molecule has 9 heteroatoms. The third kappa shape index (κ3) is 6.00. The summed E-state index contributed by atoms with van der Waals surface area (Å²) >= 11 is 10.7. The molecule has 0 fully saturated rings. The number of amides is 1. The minimum atomic E-state index is -0.141. The minimum Gasteiger partial charge on any atom is -0.486 e. The number of halogens is 2. The summed E-state index contributed by atoms with van der Waals surface area (Å²) in [6, 6.07) is 13.3. The van der Waals surface area contributed by atoms with Crippen molar-refractivity contribution in [2.24, 2.45) is 0 Å². The fourth-order valence-corrected chi connectivity index (χ4v) is 3.97. The van der Waals surface area contributed by atoms with E-state index < -0.39 is 0 Å². The second kappa shape index (κ2) is 10.8. The first-order valence-corrected chi connectivity index (χ1v) is 11.7. The first-order valence-electron chi connectivity index (χ1n) is 9.51. The van der Waals surface area contributed by atoms with Crippen LogP contribution in [-0.4, -0.2) is 26.4 Å². The molecule has 0 aliphatic heterocycles. The zero-order chi connectivity index (χ0) is 21.5. The normalized spacial score (nSPS) is 10.8. The molecule has 158 valence electrons. The van der Waals surface area contributed by atoms with E-state index in [2.05, 4.69) is 50.5 Å². The van der Waals surface area contributed by atoms with Gasteiger partial charge in [0.1, 0.15) is 12.4 Å². The average molecular weight is 510 g/mol. The van der Waals surface area contributed by atoms with Crippen molar-refractivity contribution < 1.29 is 9.53 Å². The molecule has 0 aliphatic rings. The van der Waals surface area contributed by atoms with Crippen molar-refractivity contribution in [2.75, 3.05) is 11.1 Å². The molecule has 0 spiro atoms. The highest BCUT2D eigenvalue weighted by atomic mass is 79.9. The van der Waals surface area contributed by atoms with Crippen LogP contribution in [0.25, 0.3) is 0 Å². The average Bonchev–Trinajstić information content (AvgIpc) is 3.15. The Bertz CT molecular complexity index is 1010. The molecule has 3 rings (SSSR count). The van der Waals surface area contributed by atoms with E-state index in [1.54, 1.807) is 18.2 Å². The molecule has 0 atom stereocenters. The predicted molar refractivity (Wildman–Crippen MR) is 124 cm³/mol. The second-order valence-corrected chi connectivity index (χ2v) is 8.60. The van der Waals surface area contributed by atoms with Gasteiger partial charge in [-0.2, -0.15) is 0 Å². The van der Waals surface area contributed by atoms with Gasteiger partial charge in [0.2, 0.25) is 5.91 Å². The zero-order valence-corrected chi connectivity index (χ0v) is 19.9. The Labute approximate surface area is 193 Å². The lowest BCUT2D eigenvalue weighted by Crippen LogP contribution is -2.15. The number of hydrogen-bond donors (Lipinski definition) is 1. The molecule has 6 nitrogen and oxygen atoms in total. The second-order valence-electron chi connectivity index (χ2n) is 6.39. The van der Waals surface area contributed by atoms with Crippen LogP contribution in [0.5, 0.6) is 5.75 Å². The van der Waals surface area contributed by atoms with Gasteiger partial charge < -0.3 is 14.6 Å². The standard InChI is InChI=1S/C21H22BrClN4O2S/c1-3-14-5-8-16(9-6-14)29-12-19-25-26-21(27(19)4-2)30-13-20(28)24-15-7-10-17(22)18(23)11-15/h5-11H,3-4,12-13H2,1-2H3,(H,24,28). The molecule has 0 unspecified atom stereocenters. The van der Waals surface area contributed by atoms with Crippen LogP contribution in [0.4, 0.5) is 5.69 Å². The van der Waals surface area contributed by atoms with Crippen molar-refractivity contribution >= 4 is 50.9 Å². The molecule has 3 aromatic rings. The number of benzene rings is 2. The van der Waals surface area contributed by atoms with Gasteiger partial charge in [-0.05, 0) is 65.2 Å². The van der Waals surface area contributed by atoms with Gasteiger partial charge in [0.25, 0.3) is 0 Å². The summed E-state index contributed by atoms with van der Waals surface area (Å²) < 4.78 is 8.58. The summed E-state index contributed by atoms with van der Waals surface area (Å²) in [6.07, 6.45) is 0.994. The van der Waals surface area contributed by atoms with Gasteiger partial charge in [0.05, 0.1) is 10.8 Å². The maximum atomic E-state index is 12.3. The van der Waals surface area contributed by atoms with E-state index in [0.29, 0.717) is 29.0 Å². The van der Waals surface area contributed by atoms with Gasteiger partial charge in [-0.3, -0.25) is 4.79 Å². The van der Waals surface area contributed by atoms with Gasteiger partial charge in [0.15, 0.2) is 11.0 Å². The predicted octanol–water partition coefficient (Wildman–Crippen LogP) is 5.59. The van der Waals surface area contributed by atoms with E-state index in [9.17, 15) is 4.79 Å². The SMILES string of the molecule is CCc1ccc(OCc2nnc(SCC(=O)Nc3ccc(Br)c(Cl)c3)n2CC)cc1. The Hall–Kier alpha value is -2.03. The molecular weight excluding hydrogens is 488 g/mol. The number of aryl methyl sites for hydroxylation is 1. The molecule has 0 aliphatic carbocycles. The summed E-state index contributed by atoms with van der Waals surface area (Å²) in [5.74, 6) is 1.59. The van der Waals surface area contributed by atoms with Crippen molar-refractivity contribution in [3.8, 4) is 5.75 Å².